The summed E-state index contributed by atoms with van der Waals surface area (Å²) < 4.78 is 12.0. The van der Waals surface area contributed by atoms with E-state index in [0.717, 1.165) is 5.56 Å². The molecule has 7 heteroatoms. The summed E-state index contributed by atoms with van der Waals surface area (Å²) in [5.74, 6) is -1.67. The maximum Gasteiger partial charge on any atom is 0.327 e. The van der Waals surface area contributed by atoms with E-state index in [0.29, 0.717) is 10.6 Å². The Morgan fingerprint density at radius 3 is 2.60 bits per heavy atom. The van der Waals surface area contributed by atoms with Crippen molar-refractivity contribution in [2.24, 2.45) is 0 Å². The molecule has 20 heavy (non-hydrogen) atoms. The highest BCUT2D eigenvalue weighted by Crippen LogP contribution is 2.19. The van der Waals surface area contributed by atoms with Crippen molar-refractivity contribution in [3.8, 4) is 0 Å². The lowest BCUT2D eigenvalue weighted by Gasteiger charge is -2.13. The highest BCUT2D eigenvalue weighted by atomic mass is 35.5. The quantitative estimate of drug-likeness (QED) is 0.832. The fourth-order valence-electron chi connectivity index (χ4n) is 1.61. The van der Waals surface area contributed by atoms with Crippen LogP contribution in [-0.4, -0.2) is 33.0 Å². The number of carbonyl (C=O) groups excluding carboxylic acids is 1. The van der Waals surface area contributed by atoms with Gasteiger partial charge in [0.1, 0.15) is 6.04 Å². The first-order valence-electron chi connectivity index (χ1n) is 5.89. The van der Waals surface area contributed by atoms with E-state index in [1.165, 1.54) is 6.92 Å². The minimum Gasteiger partial charge on any atom is -0.480 e. The summed E-state index contributed by atoms with van der Waals surface area (Å²) in [5.41, 5.74) is 1.69. The molecule has 0 saturated heterocycles. The fraction of sp³-hybridized carbons (Fsp3) is 0.385. The number of carboxylic acid groups (broad SMARTS) is 1. The smallest absolute Gasteiger partial charge is 0.327 e. The Balaban J connectivity index is 2.70. The van der Waals surface area contributed by atoms with Gasteiger partial charge in [0.25, 0.3) is 0 Å². The van der Waals surface area contributed by atoms with Gasteiger partial charge >= 0.3 is 5.97 Å². The zero-order valence-corrected chi connectivity index (χ0v) is 12.8. The average molecular weight is 318 g/mol. The Bertz CT molecular complexity index is 547. The number of benzene rings is 1. The molecule has 110 valence electrons. The van der Waals surface area contributed by atoms with Gasteiger partial charge in [0.05, 0.1) is 11.5 Å². The Labute approximate surface area is 124 Å². The molecule has 5 nitrogen and oxygen atoms in total. The lowest BCUT2D eigenvalue weighted by molar-refractivity contribution is -0.140. The van der Waals surface area contributed by atoms with E-state index in [4.69, 9.17) is 16.7 Å². The van der Waals surface area contributed by atoms with Gasteiger partial charge in [0.2, 0.25) is 5.91 Å². The number of aliphatic carboxylic acids is 1. The number of amides is 1. The van der Waals surface area contributed by atoms with Crippen molar-refractivity contribution >= 4 is 34.3 Å². The molecule has 0 saturated carbocycles. The molecule has 0 aromatic heterocycles. The van der Waals surface area contributed by atoms with Crippen LogP contribution in [0.1, 0.15) is 18.1 Å². The summed E-state index contributed by atoms with van der Waals surface area (Å²) in [5, 5.41) is 11.7. The summed E-state index contributed by atoms with van der Waals surface area (Å²) in [6.07, 6.45) is 0. The van der Waals surface area contributed by atoms with Gasteiger partial charge in [0.15, 0.2) is 0 Å². The van der Waals surface area contributed by atoms with Gasteiger partial charge in [-0.25, -0.2) is 4.79 Å². The monoisotopic (exact) mass is 317 g/mol. The number of hydrogen-bond donors (Lipinski definition) is 2. The van der Waals surface area contributed by atoms with Crippen LogP contribution in [0.15, 0.2) is 18.2 Å². The molecule has 2 atom stereocenters. The molecular formula is C13H16ClNO4S. The Hall–Kier alpha value is -1.40. The predicted molar refractivity (Wildman–Crippen MR) is 78.1 cm³/mol. The minimum atomic E-state index is -1.43. The van der Waals surface area contributed by atoms with Gasteiger partial charge in [-0.15, -0.1) is 0 Å². The Morgan fingerprint density at radius 1 is 1.45 bits per heavy atom. The van der Waals surface area contributed by atoms with E-state index in [2.05, 4.69) is 5.32 Å². The van der Waals surface area contributed by atoms with E-state index in [-0.39, 0.29) is 11.5 Å². The van der Waals surface area contributed by atoms with Gasteiger partial charge in [0, 0.05) is 22.7 Å². The summed E-state index contributed by atoms with van der Waals surface area (Å²) in [7, 11) is -1.43. The van der Waals surface area contributed by atoms with Crippen LogP contribution >= 0.6 is 11.6 Å². The number of nitrogens with one attached hydrogen (secondary N) is 1. The van der Waals surface area contributed by atoms with Crippen molar-refractivity contribution in [2.45, 2.75) is 25.6 Å². The first-order valence-corrected chi connectivity index (χ1v) is 7.76. The van der Waals surface area contributed by atoms with Crippen LogP contribution in [0, 0.1) is 6.92 Å². The number of carbonyl (C=O) groups is 2. The van der Waals surface area contributed by atoms with E-state index in [1.807, 2.05) is 13.0 Å². The van der Waals surface area contributed by atoms with E-state index >= 15 is 0 Å². The van der Waals surface area contributed by atoms with Crippen LogP contribution in [0.5, 0.6) is 0 Å². The van der Waals surface area contributed by atoms with Gasteiger partial charge in [-0.2, -0.15) is 0 Å². The summed E-state index contributed by atoms with van der Waals surface area (Å²) in [6.45, 7) is 3.11. The standard InChI is InChI=1S/C13H16ClNO4S/c1-8-3-4-10(11(14)5-8)6-20(19)7-12(13(17)18)15-9(2)16/h3-5,12H,6-7H2,1-2H3,(H,15,16)(H,17,18)/t12-,20?/m0/s1. The van der Waals surface area contributed by atoms with Crippen molar-refractivity contribution in [2.75, 3.05) is 5.75 Å². The number of halogens is 1. The van der Waals surface area contributed by atoms with Crippen LogP contribution < -0.4 is 5.32 Å². The van der Waals surface area contributed by atoms with Gasteiger partial charge < -0.3 is 10.4 Å². The average Bonchev–Trinajstić information content (AvgIpc) is 2.31. The summed E-state index contributed by atoms with van der Waals surface area (Å²) >= 11 is 6.04. The lowest BCUT2D eigenvalue weighted by Crippen LogP contribution is -2.43. The molecule has 0 heterocycles. The van der Waals surface area contributed by atoms with Crippen molar-refractivity contribution in [3.63, 3.8) is 0 Å². The maximum atomic E-state index is 12.0. The normalized spacial score (nSPS) is 13.6. The molecule has 0 spiro atoms. The number of rotatable bonds is 6. The van der Waals surface area contributed by atoms with Crippen molar-refractivity contribution in [3.05, 3.63) is 34.3 Å². The Morgan fingerprint density at radius 2 is 2.10 bits per heavy atom. The number of aryl methyl sites for hydroxylation is 1. The van der Waals surface area contributed by atoms with Gasteiger partial charge in [-0.1, -0.05) is 23.7 Å². The van der Waals surface area contributed by atoms with Crippen molar-refractivity contribution < 1.29 is 18.9 Å². The number of carboxylic acids is 1. The third-order valence-corrected chi connectivity index (χ3v) is 4.24. The molecule has 1 unspecified atom stereocenters. The Kier molecular flexibility index (Phi) is 6.16. The highest BCUT2D eigenvalue weighted by Gasteiger charge is 2.21. The van der Waals surface area contributed by atoms with E-state index in [1.54, 1.807) is 12.1 Å². The van der Waals surface area contributed by atoms with Crippen molar-refractivity contribution in [1.29, 1.82) is 0 Å². The molecule has 0 aliphatic heterocycles. The van der Waals surface area contributed by atoms with Gasteiger partial charge in [-0.3, -0.25) is 9.00 Å². The third-order valence-electron chi connectivity index (χ3n) is 2.55. The van der Waals surface area contributed by atoms with E-state index < -0.39 is 28.7 Å². The molecule has 0 aliphatic carbocycles. The van der Waals surface area contributed by atoms with Crippen molar-refractivity contribution in [1.82, 2.24) is 5.32 Å². The molecular weight excluding hydrogens is 302 g/mol. The first kappa shape index (κ1) is 16.7. The molecule has 1 rings (SSSR count). The molecule has 1 aromatic rings. The largest absolute Gasteiger partial charge is 0.480 e. The van der Waals surface area contributed by atoms with Crippen LogP contribution in [0.2, 0.25) is 5.02 Å². The third kappa shape index (κ3) is 5.30. The second kappa shape index (κ2) is 7.40. The maximum absolute atomic E-state index is 12.0. The summed E-state index contributed by atoms with van der Waals surface area (Å²) in [6, 6.07) is 4.22. The second-order valence-corrected chi connectivity index (χ2v) is 6.35. The predicted octanol–water partition coefficient (Wildman–Crippen LogP) is 1.49. The molecule has 0 aliphatic rings. The van der Waals surface area contributed by atoms with Crippen LogP contribution in [0.3, 0.4) is 0 Å². The first-order chi connectivity index (χ1) is 9.29. The molecule has 1 amide bonds. The molecule has 2 N–H and O–H groups in total. The zero-order chi connectivity index (χ0) is 15.3. The van der Waals surface area contributed by atoms with Crippen LogP contribution in [0.4, 0.5) is 0 Å². The van der Waals surface area contributed by atoms with Crippen LogP contribution in [-0.2, 0) is 26.1 Å². The lowest BCUT2D eigenvalue weighted by atomic mass is 10.2. The SMILES string of the molecule is CC(=O)N[C@@H](CS(=O)Cc1ccc(C)cc1Cl)C(=O)O. The molecule has 0 radical (unpaired) electrons. The van der Waals surface area contributed by atoms with Crippen LogP contribution in [0.25, 0.3) is 0 Å². The zero-order valence-electron chi connectivity index (χ0n) is 11.2. The number of hydrogen-bond acceptors (Lipinski definition) is 3. The van der Waals surface area contributed by atoms with E-state index in [9.17, 15) is 13.8 Å². The minimum absolute atomic E-state index is 0.154. The molecule has 0 fully saturated rings. The fourth-order valence-corrected chi connectivity index (χ4v) is 3.30. The summed E-state index contributed by atoms with van der Waals surface area (Å²) in [4.78, 5) is 21.9. The molecule has 0 bridgehead atoms. The highest BCUT2D eigenvalue weighted by molar-refractivity contribution is 7.84. The second-order valence-electron chi connectivity index (χ2n) is 4.44. The topological polar surface area (TPSA) is 83.5 Å². The molecule has 1 aromatic carbocycles. The van der Waals surface area contributed by atoms with Gasteiger partial charge in [-0.05, 0) is 24.1 Å².